The summed E-state index contributed by atoms with van der Waals surface area (Å²) in [5, 5.41) is 14.2. The zero-order chi connectivity index (χ0) is 15.3. The van der Waals surface area contributed by atoms with Crippen LogP contribution in [0.3, 0.4) is 0 Å². The van der Waals surface area contributed by atoms with Crippen molar-refractivity contribution in [1.82, 2.24) is 10.6 Å². The van der Waals surface area contributed by atoms with Crippen LogP contribution in [0.4, 0.5) is 0 Å². The summed E-state index contributed by atoms with van der Waals surface area (Å²) < 4.78 is 0. The zero-order valence-corrected chi connectivity index (χ0v) is 12.3. The number of likely N-dealkylation sites (N-methyl/N-ethyl adjacent to an activating group) is 1. The molecule has 6 heteroatoms. The van der Waals surface area contributed by atoms with Gasteiger partial charge in [0.25, 0.3) is 0 Å². The first-order chi connectivity index (χ1) is 9.35. The van der Waals surface area contributed by atoms with Crippen LogP contribution >= 0.6 is 0 Å². The summed E-state index contributed by atoms with van der Waals surface area (Å²) in [7, 11) is 1.54. The molecule has 20 heavy (non-hydrogen) atoms. The molecular formula is C14H24N2O4. The molecule has 0 aromatic rings. The number of aliphatic carboxylic acids is 1. The van der Waals surface area contributed by atoms with Crippen molar-refractivity contribution in [2.24, 2.45) is 17.8 Å². The smallest absolute Gasteiger partial charge is 0.306 e. The first-order valence-electron chi connectivity index (χ1n) is 7.09. The van der Waals surface area contributed by atoms with Gasteiger partial charge in [-0.1, -0.05) is 13.8 Å². The van der Waals surface area contributed by atoms with E-state index >= 15 is 0 Å². The molecule has 1 unspecified atom stereocenters. The Bertz CT molecular complexity index is 381. The Morgan fingerprint density at radius 1 is 1.20 bits per heavy atom. The molecule has 3 N–H and O–H groups in total. The molecule has 1 aliphatic carbocycles. The van der Waals surface area contributed by atoms with Crippen LogP contribution < -0.4 is 10.6 Å². The Morgan fingerprint density at radius 3 is 2.25 bits per heavy atom. The monoisotopic (exact) mass is 284 g/mol. The van der Waals surface area contributed by atoms with E-state index in [1.807, 2.05) is 13.8 Å². The molecule has 2 amide bonds. The molecule has 0 heterocycles. The molecule has 0 aliphatic heterocycles. The van der Waals surface area contributed by atoms with Crippen molar-refractivity contribution in [2.45, 2.75) is 45.6 Å². The molecular weight excluding hydrogens is 260 g/mol. The fourth-order valence-corrected chi connectivity index (χ4v) is 2.61. The predicted octanol–water partition coefficient (Wildman–Crippen LogP) is 0.764. The number of carbonyl (C=O) groups excluding carboxylic acids is 2. The third kappa shape index (κ3) is 4.51. The maximum atomic E-state index is 12.1. The molecule has 1 saturated carbocycles. The fraction of sp³-hybridized carbons (Fsp3) is 0.786. The number of carbonyl (C=O) groups is 3. The summed E-state index contributed by atoms with van der Waals surface area (Å²) in [6.45, 7) is 3.97. The number of carboxylic acids is 1. The van der Waals surface area contributed by atoms with E-state index in [-0.39, 0.29) is 23.7 Å². The molecule has 0 bridgehead atoms. The van der Waals surface area contributed by atoms with Gasteiger partial charge in [0.1, 0.15) is 6.04 Å². The quantitative estimate of drug-likeness (QED) is 0.671. The summed E-state index contributed by atoms with van der Waals surface area (Å²) in [5.41, 5.74) is 0. The second kappa shape index (κ2) is 7.26. The largest absolute Gasteiger partial charge is 0.481 e. The average Bonchev–Trinajstić information content (AvgIpc) is 2.86. The van der Waals surface area contributed by atoms with Crippen LogP contribution in [0.1, 0.15) is 39.5 Å². The Balaban J connectivity index is 2.58. The number of hydrogen-bond acceptors (Lipinski definition) is 3. The van der Waals surface area contributed by atoms with Crippen LogP contribution in [0, 0.1) is 17.8 Å². The first-order valence-corrected chi connectivity index (χ1v) is 7.09. The fourth-order valence-electron chi connectivity index (χ4n) is 2.61. The van der Waals surface area contributed by atoms with Crippen molar-refractivity contribution in [3.63, 3.8) is 0 Å². The minimum absolute atomic E-state index is 0.206. The highest BCUT2D eigenvalue weighted by molar-refractivity contribution is 5.88. The Kier molecular flexibility index (Phi) is 5.98. The molecule has 0 saturated heterocycles. The van der Waals surface area contributed by atoms with Crippen LogP contribution in [-0.2, 0) is 14.4 Å². The summed E-state index contributed by atoms with van der Waals surface area (Å²) in [6.07, 6.45) is 2.04. The van der Waals surface area contributed by atoms with Gasteiger partial charge < -0.3 is 15.7 Å². The predicted molar refractivity (Wildman–Crippen MR) is 73.9 cm³/mol. The SMILES string of the molecule is CNC(=O)C(CC(C)C)NC(=O)[C@@H]1CC[C@H](C(=O)O)C1. The van der Waals surface area contributed by atoms with Gasteiger partial charge in [-0.05, 0) is 31.6 Å². The van der Waals surface area contributed by atoms with Crippen LogP contribution in [0.2, 0.25) is 0 Å². The van der Waals surface area contributed by atoms with E-state index < -0.39 is 17.9 Å². The molecule has 0 aromatic carbocycles. The lowest BCUT2D eigenvalue weighted by Gasteiger charge is -2.21. The molecule has 0 aromatic heterocycles. The minimum Gasteiger partial charge on any atom is -0.481 e. The molecule has 0 spiro atoms. The third-order valence-electron chi connectivity index (χ3n) is 3.74. The van der Waals surface area contributed by atoms with Gasteiger partial charge in [0, 0.05) is 13.0 Å². The van der Waals surface area contributed by atoms with E-state index in [0.29, 0.717) is 25.7 Å². The van der Waals surface area contributed by atoms with Crippen molar-refractivity contribution in [3.8, 4) is 0 Å². The van der Waals surface area contributed by atoms with Crippen LogP contribution in [0.5, 0.6) is 0 Å². The topological polar surface area (TPSA) is 95.5 Å². The van der Waals surface area contributed by atoms with E-state index in [2.05, 4.69) is 10.6 Å². The maximum Gasteiger partial charge on any atom is 0.306 e. The minimum atomic E-state index is -0.842. The van der Waals surface area contributed by atoms with Gasteiger partial charge in [0.15, 0.2) is 0 Å². The van der Waals surface area contributed by atoms with Crippen molar-refractivity contribution in [1.29, 1.82) is 0 Å². The van der Waals surface area contributed by atoms with E-state index in [4.69, 9.17) is 5.11 Å². The van der Waals surface area contributed by atoms with Gasteiger partial charge in [-0.3, -0.25) is 14.4 Å². The summed E-state index contributed by atoms with van der Waals surface area (Å²) in [4.78, 5) is 34.8. The number of rotatable bonds is 6. The lowest BCUT2D eigenvalue weighted by atomic mass is 10.0. The lowest BCUT2D eigenvalue weighted by Crippen LogP contribution is -2.48. The van der Waals surface area contributed by atoms with Gasteiger partial charge in [-0.2, -0.15) is 0 Å². The second-order valence-corrected chi connectivity index (χ2v) is 5.85. The normalized spacial score (nSPS) is 23.4. The third-order valence-corrected chi connectivity index (χ3v) is 3.74. The standard InChI is InChI=1S/C14H24N2O4/c1-8(2)6-11(13(18)15-3)16-12(17)9-4-5-10(7-9)14(19)20/h8-11H,4-7H2,1-3H3,(H,15,18)(H,16,17)(H,19,20)/t9-,10+,11?/m1/s1. The summed E-state index contributed by atoms with van der Waals surface area (Å²) in [5.74, 6) is -1.70. The second-order valence-electron chi connectivity index (χ2n) is 5.85. The van der Waals surface area contributed by atoms with E-state index in [1.165, 1.54) is 7.05 Å². The number of hydrogen-bond donors (Lipinski definition) is 3. The van der Waals surface area contributed by atoms with Gasteiger partial charge in [0.2, 0.25) is 11.8 Å². The molecule has 114 valence electrons. The number of amides is 2. The van der Waals surface area contributed by atoms with Gasteiger partial charge >= 0.3 is 5.97 Å². The van der Waals surface area contributed by atoms with E-state index in [1.54, 1.807) is 0 Å². The van der Waals surface area contributed by atoms with E-state index in [0.717, 1.165) is 0 Å². The zero-order valence-electron chi connectivity index (χ0n) is 12.3. The average molecular weight is 284 g/mol. The summed E-state index contributed by atoms with van der Waals surface area (Å²) >= 11 is 0. The Labute approximate surface area is 119 Å². The van der Waals surface area contributed by atoms with Gasteiger partial charge in [0.05, 0.1) is 5.92 Å². The highest BCUT2D eigenvalue weighted by Gasteiger charge is 2.35. The Hall–Kier alpha value is -1.59. The van der Waals surface area contributed by atoms with Gasteiger partial charge in [-0.25, -0.2) is 0 Å². The molecule has 3 atom stereocenters. The summed E-state index contributed by atoms with van der Waals surface area (Å²) in [6, 6.07) is -0.545. The van der Waals surface area contributed by atoms with Crippen LogP contribution in [-0.4, -0.2) is 36.0 Å². The highest BCUT2D eigenvalue weighted by atomic mass is 16.4. The number of nitrogens with one attached hydrogen (secondary N) is 2. The maximum absolute atomic E-state index is 12.1. The molecule has 1 rings (SSSR count). The lowest BCUT2D eigenvalue weighted by molar-refractivity contribution is -0.141. The Morgan fingerprint density at radius 2 is 1.80 bits per heavy atom. The number of carboxylic acid groups (broad SMARTS) is 1. The van der Waals surface area contributed by atoms with Crippen LogP contribution in [0.25, 0.3) is 0 Å². The highest BCUT2D eigenvalue weighted by Crippen LogP contribution is 2.31. The van der Waals surface area contributed by atoms with Crippen LogP contribution in [0.15, 0.2) is 0 Å². The molecule has 1 aliphatic rings. The van der Waals surface area contributed by atoms with Crippen molar-refractivity contribution < 1.29 is 19.5 Å². The van der Waals surface area contributed by atoms with E-state index in [9.17, 15) is 14.4 Å². The van der Waals surface area contributed by atoms with Crippen molar-refractivity contribution in [2.75, 3.05) is 7.05 Å². The van der Waals surface area contributed by atoms with Gasteiger partial charge in [-0.15, -0.1) is 0 Å². The van der Waals surface area contributed by atoms with Crippen molar-refractivity contribution in [3.05, 3.63) is 0 Å². The molecule has 0 radical (unpaired) electrons. The molecule has 6 nitrogen and oxygen atoms in total. The molecule has 1 fully saturated rings. The first kappa shape index (κ1) is 16.5. The van der Waals surface area contributed by atoms with Crippen molar-refractivity contribution >= 4 is 17.8 Å².